The fraction of sp³-hybridized carbons (Fsp3) is 0.194. The summed E-state index contributed by atoms with van der Waals surface area (Å²) < 4.78 is 9.42. The molecule has 3 aromatic heterocycles. The van der Waals surface area contributed by atoms with Crippen molar-refractivity contribution in [2.45, 2.75) is 39.9 Å². The average Bonchev–Trinajstić information content (AvgIpc) is 3.23. The van der Waals surface area contributed by atoms with Crippen LogP contribution in [0.3, 0.4) is 0 Å². The van der Waals surface area contributed by atoms with Crippen molar-refractivity contribution in [1.29, 1.82) is 0 Å². The van der Waals surface area contributed by atoms with Gasteiger partial charge in [0.25, 0.3) is 5.56 Å². The number of nitrogen functional groups attached to an aromatic ring is 1. The number of nitrogens with one attached hydrogen (secondary N) is 1. The first-order valence-electron chi connectivity index (χ1n) is 12.9. The van der Waals surface area contributed by atoms with Gasteiger partial charge in [0.1, 0.15) is 5.82 Å². The van der Waals surface area contributed by atoms with Gasteiger partial charge in [0.15, 0.2) is 0 Å². The highest BCUT2D eigenvalue weighted by molar-refractivity contribution is 5.91. The standard InChI is InChI=1S/C31H31N5O3/c1-3-36-27(18-22-7-9-23(10-8-22)20-35-15-5-4-6-28(35)37)21(2)16-29(36)39-31(38)34-19-24-11-12-26-25(17-24)13-14-33-30(26)32/h4-17H,3,18-20H2,1-2H3,(H2,32,33)(H,34,38). The maximum atomic E-state index is 12.7. The molecule has 198 valence electrons. The van der Waals surface area contributed by atoms with Crippen LogP contribution in [0.5, 0.6) is 5.88 Å². The zero-order chi connectivity index (χ0) is 27.4. The number of carbonyl (C=O) groups is 1. The van der Waals surface area contributed by atoms with E-state index in [4.69, 9.17) is 10.5 Å². The molecule has 0 radical (unpaired) electrons. The number of amides is 1. The van der Waals surface area contributed by atoms with Crippen LogP contribution in [0.25, 0.3) is 10.8 Å². The lowest BCUT2D eigenvalue weighted by Gasteiger charge is -2.13. The summed E-state index contributed by atoms with van der Waals surface area (Å²) in [5.41, 5.74) is 11.2. The number of fused-ring (bicyclic) bond motifs is 1. The third kappa shape index (κ3) is 5.85. The fourth-order valence-electron chi connectivity index (χ4n) is 4.77. The van der Waals surface area contributed by atoms with E-state index in [0.29, 0.717) is 37.8 Å². The lowest BCUT2D eigenvalue weighted by molar-refractivity contribution is 0.196. The van der Waals surface area contributed by atoms with Gasteiger partial charge in [-0.1, -0.05) is 42.5 Å². The Kier molecular flexibility index (Phi) is 7.45. The van der Waals surface area contributed by atoms with Crippen LogP contribution in [0.1, 0.15) is 34.9 Å². The molecule has 2 aromatic carbocycles. The second kappa shape index (κ2) is 11.3. The summed E-state index contributed by atoms with van der Waals surface area (Å²) in [5.74, 6) is 0.998. The number of ether oxygens (including phenoxy) is 1. The minimum Gasteiger partial charge on any atom is -0.393 e. The fourth-order valence-corrected chi connectivity index (χ4v) is 4.77. The van der Waals surface area contributed by atoms with Gasteiger partial charge >= 0.3 is 6.09 Å². The van der Waals surface area contributed by atoms with Crippen molar-refractivity contribution in [3.8, 4) is 5.88 Å². The minimum absolute atomic E-state index is 0.0189. The number of aromatic nitrogens is 3. The summed E-state index contributed by atoms with van der Waals surface area (Å²) in [5, 5.41) is 4.69. The molecule has 8 nitrogen and oxygen atoms in total. The summed E-state index contributed by atoms with van der Waals surface area (Å²) >= 11 is 0. The summed E-state index contributed by atoms with van der Waals surface area (Å²) in [6, 6.07) is 23.0. The molecule has 0 spiro atoms. The van der Waals surface area contributed by atoms with E-state index in [0.717, 1.165) is 38.7 Å². The maximum Gasteiger partial charge on any atom is 0.414 e. The molecule has 0 aliphatic heterocycles. The van der Waals surface area contributed by atoms with Crippen LogP contribution >= 0.6 is 0 Å². The Morgan fingerprint density at radius 2 is 1.77 bits per heavy atom. The highest BCUT2D eigenvalue weighted by Crippen LogP contribution is 2.25. The van der Waals surface area contributed by atoms with Gasteiger partial charge in [0, 0.05) is 55.1 Å². The Labute approximate surface area is 226 Å². The zero-order valence-corrected chi connectivity index (χ0v) is 22.1. The van der Waals surface area contributed by atoms with E-state index in [1.54, 1.807) is 29.1 Å². The number of rotatable bonds is 8. The van der Waals surface area contributed by atoms with Crippen LogP contribution in [0.2, 0.25) is 0 Å². The normalized spacial score (nSPS) is 11.0. The summed E-state index contributed by atoms with van der Waals surface area (Å²) in [7, 11) is 0. The van der Waals surface area contributed by atoms with Gasteiger partial charge in [-0.2, -0.15) is 0 Å². The molecule has 0 saturated carbocycles. The Morgan fingerprint density at radius 3 is 2.54 bits per heavy atom. The van der Waals surface area contributed by atoms with Gasteiger partial charge in [-0.15, -0.1) is 0 Å². The molecule has 0 unspecified atom stereocenters. The monoisotopic (exact) mass is 521 g/mol. The van der Waals surface area contributed by atoms with Crippen LogP contribution in [0.15, 0.2) is 90.0 Å². The molecule has 0 saturated heterocycles. The number of pyridine rings is 2. The second-order valence-corrected chi connectivity index (χ2v) is 9.51. The van der Waals surface area contributed by atoms with E-state index in [1.165, 1.54) is 0 Å². The van der Waals surface area contributed by atoms with Crippen LogP contribution in [0, 0.1) is 6.92 Å². The predicted octanol–water partition coefficient (Wildman–Crippen LogP) is 5.04. The molecule has 1 amide bonds. The van der Waals surface area contributed by atoms with Gasteiger partial charge in [-0.3, -0.25) is 4.79 Å². The molecule has 8 heteroatoms. The van der Waals surface area contributed by atoms with E-state index in [-0.39, 0.29) is 5.56 Å². The van der Waals surface area contributed by atoms with Gasteiger partial charge in [-0.25, -0.2) is 9.78 Å². The van der Waals surface area contributed by atoms with Crippen molar-refractivity contribution in [3.05, 3.63) is 123 Å². The van der Waals surface area contributed by atoms with Crippen LogP contribution in [0.4, 0.5) is 10.6 Å². The first-order chi connectivity index (χ1) is 18.9. The topological polar surface area (TPSA) is 104 Å². The van der Waals surface area contributed by atoms with Gasteiger partial charge in [-0.05, 0) is 59.7 Å². The molecule has 0 bridgehead atoms. The minimum atomic E-state index is -0.511. The second-order valence-electron chi connectivity index (χ2n) is 9.51. The SMILES string of the molecule is CCn1c(OC(=O)NCc2ccc3c(N)nccc3c2)cc(C)c1Cc1ccc(Cn2ccccc2=O)cc1. The molecule has 5 aromatic rings. The lowest BCUT2D eigenvalue weighted by Crippen LogP contribution is -2.27. The molecule has 0 aliphatic carbocycles. The number of carbonyl (C=O) groups excluding carboxylic acids is 1. The highest BCUT2D eigenvalue weighted by Gasteiger charge is 2.16. The Balaban J connectivity index is 1.23. The summed E-state index contributed by atoms with van der Waals surface area (Å²) in [6.45, 7) is 5.59. The molecule has 0 aliphatic rings. The molecular formula is C31H31N5O3. The van der Waals surface area contributed by atoms with Crippen molar-refractivity contribution in [3.63, 3.8) is 0 Å². The number of aryl methyl sites for hydroxylation is 1. The van der Waals surface area contributed by atoms with E-state index in [2.05, 4.69) is 22.4 Å². The molecule has 5 rings (SSSR count). The van der Waals surface area contributed by atoms with Crippen LogP contribution in [-0.4, -0.2) is 20.2 Å². The molecule has 3 N–H and O–H groups in total. The number of benzene rings is 2. The Hall–Kier alpha value is -4.85. The smallest absolute Gasteiger partial charge is 0.393 e. The molecule has 3 heterocycles. The number of hydrogen-bond donors (Lipinski definition) is 2. The number of anilines is 1. The maximum absolute atomic E-state index is 12.7. The number of nitrogens with two attached hydrogens (primary N) is 1. The predicted molar refractivity (Wildman–Crippen MR) is 153 cm³/mol. The van der Waals surface area contributed by atoms with Crippen molar-refractivity contribution in [2.75, 3.05) is 5.73 Å². The molecule has 0 fully saturated rings. The van der Waals surface area contributed by atoms with Gasteiger partial charge < -0.3 is 24.9 Å². The van der Waals surface area contributed by atoms with Crippen molar-refractivity contribution in [1.82, 2.24) is 19.4 Å². The summed E-state index contributed by atoms with van der Waals surface area (Å²) in [4.78, 5) is 28.8. The molecular weight excluding hydrogens is 490 g/mol. The Morgan fingerprint density at radius 1 is 1.00 bits per heavy atom. The first-order valence-corrected chi connectivity index (χ1v) is 12.9. The van der Waals surface area contributed by atoms with Crippen molar-refractivity contribution in [2.24, 2.45) is 0 Å². The van der Waals surface area contributed by atoms with Gasteiger partial charge in [0.05, 0.1) is 6.54 Å². The molecule has 0 atom stereocenters. The third-order valence-electron chi connectivity index (χ3n) is 6.84. The average molecular weight is 522 g/mol. The van der Waals surface area contributed by atoms with E-state index < -0.39 is 6.09 Å². The highest BCUT2D eigenvalue weighted by atomic mass is 16.6. The zero-order valence-electron chi connectivity index (χ0n) is 22.1. The molecule has 39 heavy (non-hydrogen) atoms. The first kappa shape index (κ1) is 25.8. The summed E-state index contributed by atoms with van der Waals surface area (Å²) in [6.07, 6.45) is 3.65. The Bertz CT molecular complexity index is 1690. The van der Waals surface area contributed by atoms with Crippen LogP contribution < -0.4 is 21.3 Å². The van der Waals surface area contributed by atoms with Crippen molar-refractivity contribution >= 4 is 22.7 Å². The van der Waals surface area contributed by atoms with Crippen molar-refractivity contribution < 1.29 is 9.53 Å². The lowest BCUT2D eigenvalue weighted by atomic mass is 10.1. The van der Waals surface area contributed by atoms with E-state index in [1.807, 2.05) is 66.9 Å². The van der Waals surface area contributed by atoms with Gasteiger partial charge in [0.2, 0.25) is 5.88 Å². The van der Waals surface area contributed by atoms with Crippen LogP contribution in [-0.2, 0) is 26.1 Å². The largest absolute Gasteiger partial charge is 0.414 e. The number of hydrogen-bond acceptors (Lipinski definition) is 5. The quantitative estimate of drug-likeness (QED) is 0.298. The van der Waals surface area contributed by atoms with E-state index in [9.17, 15) is 9.59 Å². The third-order valence-corrected chi connectivity index (χ3v) is 6.84. The number of nitrogens with zero attached hydrogens (tertiary/aromatic N) is 3. The van der Waals surface area contributed by atoms with E-state index >= 15 is 0 Å².